The molecule has 92 valence electrons. The second-order valence-corrected chi connectivity index (χ2v) is 4.85. The van der Waals surface area contributed by atoms with E-state index in [1.807, 2.05) is 0 Å². The Morgan fingerprint density at radius 2 is 0.933 bits per heavy atom. The van der Waals surface area contributed by atoms with E-state index in [2.05, 4.69) is 51.1 Å². The predicted molar refractivity (Wildman–Crippen MR) is 42.1 cm³/mol. The quantitative estimate of drug-likeness (QED) is 0.514. The van der Waals surface area contributed by atoms with Crippen LogP contribution in [-0.4, -0.2) is 21.4 Å². The Morgan fingerprint density at radius 1 is 0.667 bits per heavy atom. The van der Waals surface area contributed by atoms with Crippen molar-refractivity contribution in [3.63, 3.8) is 0 Å². The van der Waals surface area contributed by atoms with Gasteiger partial charge in [0.1, 0.15) is 0 Å². The molecule has 0 aromatic heterocycles. The predicted octanol–water partition coefficient (Wildman–Crippen LogP) is 4.39. The molecule has 0 aliphatic carbocycles. The molecule has 0 saturated carbocycles. The zero-order chi connectivity index (χ0) is 12.7. The van der Waals surface area contributed by atoms with Crippen molar-refractivity contribution in [2.75, 3.05) is 0 Å². The van der Waals surface area contributed by atoms with E-state index in [1.165, 1.54) is 0 Å². The van der Waals surface area contributed by atoms with Crippen LogP contribution in [0.15, 0.2) is 0 Å². The highest BCUT2D eigenvalue weighted by Gasteiger charge is 2.74. The van der Waals surface area contributed by atoms with Gasteiger partial charge in [0.15, 0.2) is 0 Å². The van der Waals surface area contributed by atoms with Gasteiger partial charge >= 0.3 is 17.4 Å². The second-order valence-electron chi connectivity index (χ2n) is 2.14. The van der Waals surface area contributed by atoms with Gasteiger partial charge in [-0.1, -0.05) is 46.4 Å². The lowest BCUT2D eigenvalue weighted by molar-refractivity contribution is -0.346. The zero-order valence-electron chi connectivity index (χ0n) is 6.19. The number of rotatable bonds is 1. The Hall–Kier alpha value is 0.700. The van der Waals surface area contributed by atoms with Crippen LogP contribution in [0.3, 0.4) is 0 Å². The number of ether oxygens (including phenoxy) is 1. The Morgan fingerprint density at radius 3 is 1.00 bits per heavy atom. The van der Waals surface area contributed by atoms with Gasteiger partial charge in [0.25, 0.3) is 3.98 Å². The van der Waals surface area contributed by atoms with Crippen LogP contribution < -0.4 is 0 Å². The summed E-state index contributed by atoms with van der Waals surface area (Å²) in [5, 5.41) is -5.06. The van der Waals surface area contributed by atoms with E-state index in [9.17, 15) is 26.3 Å². The maximum atomic E-state index is 12.0. The fraction of sp³-hybridized carbons (Fsp3) is 1.00. The van der Waals surface area contributed by atoms with Crippen molar-refractivity contribution in [1.29, 1.82) is 0 Å². The largest absolute Gasteiger partial charge is 0.441 e. The molecule has 0 amide bonds. The Labute approximate surface area is 99.2 Å². The topological polar surface area (TPSA) is 9.23 Å². The van der Waals surface area contributed by atoms with E-state index in [0.717, 1.165) is 0 Å². The lowest BCUT2D eigenvalue weighted by Crippen LogP contribution is -2.56. The van der Waals surface area contributed by atoms with Crippen LogP contribution in [-0.2, 0) is 4.74 Å². The molecule has 0 heterocycles. The summed E-state index contributed by atoms with van der Waals surface area (Å²) < 4.78 is 71.8. The van der Waals surface area contributed by atoms with Gasteiger partial charge in [0.05, 0.1) is 0 Å². The molecule has 11 heteroatoms. The van der Waals surface area contributed by atoms with Crippen LogP contribution >= 0.6 is 46.4 Å². The van der Waals surface area contributed by atoms with Gasteiger partial charge in [-0.25, -0.2) is 0 Å². The molecular formula is C4Cl4F6O. The molecule has 0 radical (unpaired) electrons. The first-order chi connectivity index (χ1) is 6.21. The molecule has 0 atom stereocenters. The van der Waals surface area contributed by atoms with Gasteiger partial charge in [-0.3, -0.25) is 4.74 Å². The third-order valence-corrected chi connectivity index (χ3v) is 1.72. The lowest BCUT2D eigenvalue weighted by Gasteiger charge is -2.33. The van der Waals surface area contributed by atoms with Gasteiger partial charge in [-0.2, -0.15) is 26.3 Å². The van der Waals surface area contributed by atoms with Crippen molar-refractivity contribution in [2.24, 2.45) is 0 Å². The van der Waals surface area contributed by atoms with Crippen LogP contribution in [0.4, 0.5) is 26.3 Å². The minimum Gasteiger partial charge on any atom is -0.295 e. The summed E-state index contributed by atoms with van der Waals surface area (Å²) in [6.07, 6.45) is -12.0. The average molecular weight is 320 g/mol. The second kappa shape index (κ2) is 4.18. The molecule has 0 fully saturated rings. The number of hydrogen-bond acceptors (Lipinski definition) is 1. The summed E-state index contributed by atoms with van der Waals surface area (Å²) in [4.78, 5) is 0. The van der Waals surface area contributed by atoms with Gasteiger partial charge in [0, 0.05) is 0 Å². The van der Waals surface area contributed by atoms with Crippen molar-refractivity contribution >= 4 is 46.4 Å². The van der Waals surface area contributed by atoms with Gasteiger partial charge < -0.3 is 0 Å². The highest BCUT2D eigenvalue weighted by Crippen LogP contribution is 2.52. The van der Waals surface area contributed by atoms with Crippen molar-refractivity contribution in [3.05, 3.63) is 0 Å². The number of alkyl halides is 10. The summed E-state index contributed by atoms with van der Waals surface area (Å²) in [6.45, 7) is 0. The molecule has 0 N–H and O–H groups in total. The molecule has 0 saturated heterocycles. The van der Waals surface area contributed by atoms with Crippen LogP contribution in [0, 0.1) is 0 Å². The fourth-order valence-corrected chi connectivity index (χ4v) is 1.02. The summed E-state index contributed by atoms with van der Waals surface area (Å²) in [7, 11) is 0. The molecule has 15 heavy (non-hydrogen) atoms. The van der Waals surface area contributed by atoms with Gasteiger partial charge in [0.2, 0.25) is 0 Å². The summed E-state index contributed by atoms with van der Waals surface area (Å²) in [5.41, 5.74) is 0. The summed E-state index contributed by atoms with van der Waals surface area (Å²) in [6, 6.07) is 0. The summed E-state index contributed by atoms with van der Waals surface area (Å²) >= 11 is 18.2. The van der Waals surface area contributed by atoms with Crippen molar-refractivity contribution in [2.45, 2.75) is 21.4 Å². The first-order valence-corrected chi connectivity index (χ1v) is 4.31. The first kappa shape index (κ1) is 15.7. The Balaban J connectivity index is 5.26. The maximum Gasteiger partial charge on any atom is 0.441 e. The van der Waals surface area contributed by atoms with E-state index in [0.29, 0.717) is 0 Å². The maximum absolute atomic E-state index is 12.0. The third kappa shape index (κ3) is 3.89. The minimum atomic E-state index is -5.99. The molecule has 1 nitrogen and oxygen atoms in total. The van der Waals surface area contributed by atoms with Crippen LogP contribution in [0.1, 0.15) is 0 Å². The van der Waals surface area contributed by atoms with Crippen molar-refractivity contribution in [3.8, 4) is 0 Å². The molecular weight excluding hydrogens is 320 g/mol. The van der Waals surface area contributed by atoms with Gasteiger partial charge in [-0.05, 0) is 0 Å². The average Bonchev–Trinajstić information content (AvgIpc) is 1.77. The number of halogens is 10. The molecule has 0 aliphatic heterocycles. The van der Waals surface area contributed by atoms with Crippen molar-refractivity contribution in [1.82, 2.24) is 0 Å². The van der Waals surface area contributed by atoms with E-state index in [1.54, 1.807) is 0 Å². The molecule has 0 spiro atoms. The normalized spacial score (nSPS) is 15.6. The van der Waals surface area contributed by atoms with Crippen molar-refractivity contribution < 1.29 is 31.1 Å². The van der Waals surface area contributed by atoms with E-state index < -0.39 is 21.4 Å². The Bertz CT molecular complexity index is 215. The minimum absolute atomic E-state index is 3.17. The zero-order valence-corrected chi connectivity index (χ0v) is 9.21. The van der Waals surface area contributed by atoms with Gasteiger partial charge in [-0.15, -0.1) is 0 Å². The SMILES string of the molecule is FC(F)(F)C(Cl)(OC(Cl)(Cl)Cl)C(F)(F)F. The molecule has 0 aromatic carbocycles. The molecule has 0 rings (SSSR count). The van der Waals surface area contributed by atoms with Crippen LogP contribution in [0.2, 0.25) is 0 Å². The lowest BCUT2D eigenvalue weighted by atomic mass is 10.3. The molecule has 0 bridgehead atoms. The standard InChI is InChI=1S/C4Cl4F6O/c5-1(2(9,10)11,3(12,13)14)15-4(6,7)8. The van der Waals surface area contributed by atoms with E-state index in [4.69, 9.17) is 0 Å². The van der Waals surface area contributed by atoms with E-state index >= 15 is 0 Å². The molecule has 0 aliphatic rings. The highest BCUT2D eigenvalue weighted by atomic mass is 35.6. The smallest absolute Gasteiger partial charge is 0.295 e. The number of hydrogen-bond donors (Lipinski definition) is 0. The van der Waals surface area contributed by atoms with Crippen LogP contribution in [0.25, 0.3) is 0 Å². The van der Waals surface area contributed by atoms with E-state index in [-0.39, 0.29) is 0 Å². The Kier molecular flexibility index (Phi) is 4.37. The molecule has 0 aromatic rings. The monoisotopic (exact) mass is 318 g/mol. The third-order valence-electron chi connectivity index (χ3n) is 0.986. The van der Waals surface area contributed by atoms with Crippen LogP contribution in [0.5, 0.6) is 0 Å². The fourth-order valence-electron chi connectivity index (χ4n) is 0.436. The summed E-state index contributed by atoms with van der Waals surface area (Å²) in [5.74, 6) is 0. The highest BCUT2D eigenvalue weighted by molar-refractivity contribution is 6.66. The molecule has 0 unspecified atom stereocenters. The first-order valence-electron chi connectivity index (χ1n) is 2.80.